The first-order valence-electron chi connectivity index (χ1n) is 6.85. The van der Waals surface area contributed by atoms with Crippen LogP contribution < -0.4 is 4.31 Å². The van der Waals surface area contributed by atoms with Crippen LogP contribution in [0.3, 0.4) is 0 Å². The number of carbonyl (C=O) groups is 1. The molecular weight excluding hydrogens is 306 g/mol. The normalized spacial score (nSPS) is 14.1. The number of benzene rings is 1. The van der Waals surface area contributed by atoms with Gasteiger partial charge in [0, 0.05) is 19.3 Å². The lowest BCUT2D eigenvalue weighted by Crippen LogP contribution is -2.30. The molecule has 2 heterocycles. The third kappa shape index (κ3) is 2.16. The third-order valence-electron chi connectivity index (χ3n) is 3.71. The van der Waals surface area contributed by atoms with Gasteiger partial charge in [0.1, 0.15) is 4.90 Å². The Bertz CT molecular complexity index is 842. The fraction of sp³-hybridized carbons (Fsp3) is 0.286. The van der Waals surface area contributed by atoms with Gasteiger partial charge >= 0.3 is 5.97 Å². The highest BCUT2D eigenvalue weighted by atomic mass is 32.2. The summed E-state index contributed by atoms with van der Waals surface area (Å²) >= 11 is 0. The van der Waals surface area contributed by atoms with Gasteiger partial charge < -0.3 is 5.11 Å². The summed E-state index contributed by atoms with van der Waals surface area (Å²) < 4.78 is 28.3. The van der Waals surface area contributed by atoms with Crippen molar-refractivity contribution in [3.63, 3.8) is 0 Å². The SMILES string of the molecule is CCn1cc(S(=O)(=O)N2CCc3cccc(C(=O)O)c32)cn1. The van der Waals surface area contributed by atoms with Gasteiger partial charge in [-0.2, -0.15) is 5.10 Å². The average Bonchev–Trinajstić information content (AvgIpc) is 3.13. The number of aryl methyl sites for hydroxylation is 1. The van der Waals surface area contributed by atoms with Crippen molar-refractivity contribution in [1.29, 1.82) is 0 Å². The second kappa shape index (κ2) is 5.13. The van der Waals surface area contributed by atoms with E-state index < -0.39 is 16.0 Å². The molecule has 1 aliphatic rings. The molecule has 7 nitrogen and oxygen atoms in total. The first kappa shape index (κ1) is 14.6. The Kier molecular flexibility index (Phi) is 3.40. The van der Waals surface area contributed by atoms with Gasteiger partial charge in [0.15, 0.2) is 0 Å². The number of carboxylic acids is 1. The summed E-state index contributed by atoms with van der Waals surface area (Å²) in [6.07, 6.45) is 3.24. The van der Waals surface area contributed by atoms with E-state index >= 15 is 0 Å². The highest BCUT2D eigenvalue weighted by molar-refractivity contribution is 7.92. The van der Waals surface area contributed by atoms with E-state index in [1.54, 1.807) is 12.1 Å². The molecule has 1 aliphatic heterocycles. The zero-order valence-corrected chi connectivity index (χ0v) is 12.7. The zero-order chi connectivity index (χ0) is 15.9. The molecule has 1 N–H and O–H groups in total. The van der Waals surface area contributed by atoms with Crippen LogP contribution in [-0.4, -0.2) is 35.8 Å². The molecule has 0 radical (unpaired) electrons. The number of aromatic carboxylic acids is 1. The van der Waals surface area contributed by atoms with Crippen LogP contribution in [0.25, 0.3) is 0 Å². The lowest BCUT2D eigenvalue weighted by molar-refractivity contribution is 0.0698. The summed E-state index contributed by atoms with van der Waals surface area (Å²) in [6, 6.07) is 4.81. The van der Waals surface area contributed by atoms with Crippen LogP contribution >= 0.6 is 0 Å². The molecule has 0 amide bonds. The summed E-state index contributed by atoms with van der Waals surface area (Å²) in [7, 11) is -3.81. The number of aromatic nitrogens is 2. The van der Waals surface area contributed by atoms with Crippen molar-refractivity contribution in [3.8, 4) is 0 Å². The number of carboxylic acid groups (broad SMARTS) is 1. The maximum Gasteiger partial charge on any atom is 0.337 e. The Labute approximate surface area is 127 Å². The summed E-state index contributed by atoms with van der Waals surface area (Å²) in [6.45, 7) is 2.66. The molecule has 1 aromatic heterocycles. The minimum atomic E-state index is -3.81. The summed E-state index contributed by atoms with van der Waals surface area (Å²) in [5, 5.41) is 13.3. The van der Waals surface area contributed by atoms with E-state index in [1.165, 1.54) is 27.4 Å². The van der Waals surface area contributed by atoms with Crippen molar-refractivity contribution >= 4 is 21.7 Å². The van der Waals surface area contributed by atoms with Gasteiger partial charge in [-0.1, -0.05) is 12.1 Å². The van der Waals surface area contributed by atoms with Crippen LogP contribution in [0.4, 0.5) is 5.69 Å². The number of nitrogens with zero attached hydrogens (tertiary/aromatic N) is 3. The van der Waals surface area contributed by atoms with Crippen LogP contribution in [0.15, 0.2) is 35.5 Å². The first-order chi connectivity index (χ1) is 10.4. The number of para-hydroxylation sites is 1. The highest BCUT2D eigenvalue weighted by Gasteiger charge is 2.34. The lowest BCUT2D eigenvalue weighted by atomic mass is 10.1. The number of rotatable bonds is 4. The molecule has 1 aromatic carbocycles. The van der Waals surface area contributed by atoms with Gasteiger partial charge in [-0.25, -0.2) is 13.2 Å². The Hall–Kier alpha value is -2.35. The molecule has 0 saturated carbocycles. The number of hydrogen-bond acceptors (Lipinski definition) is 4. The fourth-order valence-electron chi connectivity index (χ4n) is 2.61. The van der Waals surface area contributed by atoms with Gasteiger partial charge in [0.05, 0.1) is 17.4 Å². The standard InChI is InChI=1S/C14H15N3O4S/c1-2-16-9-11(8-15-16)22(20,21)17-7-6-10-4-3-5-12(13(10)17)14(18)19/h3-5,8-9H,2,6-7H2,1H3,(H,18,19). The molecule has 116 valence electrons. The molecule has 0 saturated heterocycles. The van der Waals surface area contributed by atoms with E-state index in [4.69, 9.17) is 0 Å². The molecular formula is C14H15N3O4S. The predicted octanol–water partition coefficient (Wildman–Crippen LogP) is 1.35. The first-order valence-corrected chi connectivity index (χ1v) is 8.29. The van der Waals surface area contributed by atoms with Crippen molar-refractivity contribution < 1.29 is 18.3 Å². The van der Waals surface area contributed by atoms with Gasteiger partial charge in [0.25, 0.3) is 10.0 Å². The topological polar surface area (TPSA) is 92.5 Å². The predicted molar refractivity (Wildman–Crippen MR) is 79.5 cm³/mol. The van der Waals surface area contributed by atoms with Gasteiger partial charge in [-0.15, -0.1) is 0 Å². The minimum Gasteiger partial charge on any atom is -0.478 e. The maximum atomic E-state index is 12.8. The van der Waals surface area contributed by atoms with Crippen LogP contribution in [0.1, 0.15) is 22.8 Å². The smallest absolute Gasteiger partial charge is 0.337 e. The van der Waals surface area contributed by atoms with Crippen LogP contribution in [-0.2, 0) is 23.0 Å². The van der Waals surface area contributed by atoms with E-state index in [-0.39, 0.29) is 22.7 Å². The molecule has 22 heavy (non-hydrogen) atoms. The largest absolute Gasteiger partial charge is 0.478 e. The Morgan fingerprint density at radius 2 is 2.18 bits per heavy atom. The van der Waals surface area contributed by atoms with E-state index in [1.807, 2.05) is 6.92 Å². The van der Waals surface area contributed by atoms with Gasteiger partial charge in [0.2, 0.25) is 0 Å². The Morgan fingerprint density at radius 3 is 2.82 bits per heavy atom. The van der Waals surface area contributed by atoms with E-state index in [2.05, 4.69) is 5.10 Å². The Balaban J connectivity index is 2.11. The highest BCUT2D eigenvalue weighted by Crippen LogP contribution is 2.35. The van der Waals surface area contributed by atoms with E-state index in [9.17, 15) is 18.3 Å². The van der Waals surface area contributed by atoms with Crippen molar-refractivity contribution in [2.45, 2.75) is 24.8 Å². The van der Waals surface area contributed by atoms with Crippen molar-refractivity contribution in [2.75, 3.05) is 10.8 Å². The molecule has 3 rings (SSSR count). The molecule has 0 spiro atoms. The zero-order valence-electron chi connectivity index (χ0n) is 11.9. The van der Waals surface area contributed by atoms with Gasteiger partial charge in [-0.3, -0.25) is 8.99 Å². The summed E-state index contributed by atoms with van der Waals surface area (Å²) in [5.74, 6) is -1.14. The molecule has 2 aromatic rings. The number of fused-ring (bicyclic) bond motifs is 1. The van der Waals surface area contributed by atoms with Crippen molar-refractivity contribution in [3.05, 3.63) is 41.7 Å². The van der Waals surface area contributed by atoms with Crippen LogP contribution in [0.5, 0.6) is 0 Å². The van der Waals surface area contributed by atoms with Crippen LogP contribution in [0.2, 0.25) is 0 Å². The molecule has 0 fully saturated rings. The number of sulfonamides is 1. The fourth-order valence-corrected chi connectivity index (χ4v) is 4.09. The van der Waals surface area contributed by atoms with Crippen molar-refractivity contribution in [1.82, 2.24) is 9.78 Å². The molecule has 0 bridgehead atoms. The number of anilines is 1. The Morgan fingerprint density at radius 1 is 1.41 bits per heavy atom. The van der Waals surface area contributed by atoms with E-state index in [0.717, 1.165) is 5.56 Å². The second-order valence-corrected chi connectivity index (χ2v) is 6.84. The lowest BCUT2D eigenvalue weighted by Gasteiger charge is -2.20. The molecule has 8 heteroatoms. The second-order valence-electron chi connectivity index (χ2n) is 4.98. The van der Waals surface area contributed by atoms with Crippen molar-refractivity contribution in [2.24, 2.45) is 0 Å². The molecule has 0 unspecified atom stereocenters. The summed E-state index contributed by atoms with van der Waals surface area (Å²) in [4.78, 5) is 11.5. The van der Waals surface area contributed by atoms with Gasteiger partial charge in [-0.05, 0) is 25.0 Å². The summed E-state index contributed by atoms with van der Waals surface area (Å²) in [5.41, 5.74) is 0.993. The molecule has 0 atom stereocenters. The third-order valence-corrected chi connectivity index (χ3v) is 5.46. The maximum absolute atomic E-state index is 12.8. The molecule has 0 aliphatic carbocycles. The minimum absolute atomic E-state index is 0.00135. The van der Waals surface area contributed by atoms with Crippen LogP contribution in [0, 0.1) is 0 Å². The number of hydrogen-bond donors (Lipinski definition) is 1. The average molecular weight is 321 g/mol. The van der Waals surface area contributed by atoms with E-state index in [0.29, 0.717) is 13.0 Å². The monoisotopic (exact) mass is 321 g/mol. The quantitative estimate of drug-likeness (QED) is 0.917.